The van der Waals surface area contributed by atoms with Crippen LogP contribution in [0.3, 0.4) is 0 Å². The second kappa shape index (κ2) is 2.96. The van der Waals surface area contributed by atoms with Gasteiger partial charge >= 0.3 is 0 Å². The SMILES string of the molecule is Cc1c(N)cc(Br)c2nccnc12. The number of nitrogens with zero attached hydrogens (tertiary/aromatic N) is 2. The third-order valence-corrected chi connectivity index (χ3v) is 2.60. The molecule has 0 saturated heterocycles. The highest BCUT2D eigenvalue weighted by molar-refractivity contribution is 9.10. The molecule has 0 unspecified atom stereocenters. The molecule has 3 nitrogen and oxygen atoms in total. The molecule has 2 rings (SSSR count). The molecule has 0 fully saturated rings. The predicted molar refractivity (Wildman–Crippen MR) is 56.4 cm³/mol. The molecular formula is C9H8BrN3. The molecular weight excluding hydrogens is 230 g/mol. The first-order valence-corrected chi connectivity index (χ1v) is 4.64. The maximum atomic E-state index is 5.79. The Labute approximate surface area is 84.1 Å². The summed E-state index contributed by atoms with van der Waals surface area (Å²) < 4.78 is 0.888. The Kier molecular flexibility index (Phi) is 1.92. The fourth-order valence-electron chi connectivity index (χ4n) is 1.24. The Morgan fingerprint density at radius 2 is 1.85 bits per heavy atom. The van der Waals surface area contributed by atoms with Crippen molar-refractivity contribution >= 4 is 32.7 Å². The van der Waals surface area contributed by atoms with Gasteiger partial charge in [-0.25, -0.2) is 0 Å². The highest BCUT2D eigenvalue weighted by atomic mass is 79.9. The van der Waals surface area contributed by atoms with Gasteiger partial charge in [-0.1, -0.05) is 0 Å². The van der Waals surface area contributed by atoms with Crippen LogP contribution in [0.25, 0.3) is 11.0 Å². The maximum absolute atomic E-state index is 5.79. The van der Waals surface area contributed by atoms with Crippen molar-refractivity contribution in [1.29, 1.82) is 0 Å². The molecule has 2 N–H and O–H groups in total. The molecule has 0 aliphatic rings. The zero-order valence-corrected chi connectivity index (χ0v) is 8.67. The van der Waals surface area contributed by atoms with Crippen LogP contribution in [0.5, 0.6) is 0 Å². The van der Waals surface area contributed by atoms with Crippen molar-refractivity contribution in [2.45, 2.75) is 6.92 Å². The molecule has 0 radical (unpaired) electrons. The van der Waals surface area contributed by atoms with Crippen LogP contribution in [0.4, 0.5) is 5.69 Å². The fourth-order valence-corrected chi connectivity index (χ4v) is 1.77. The molecule has 0 spiro atoms. The molecule has 2 aromatic rings. The molecule has 0 bridgehead atoms. The van der Waals surface area contributed by atoms with Gasteiger partial charge in [-0.2, -0.15) is 0 Å². The van der Waals surface area contributed by atoms with E-state index in [2.05, 4.69) is 25.9 Å². The Balaban J connectivity index is 2.97. The fraction of sp³-hybridized carbons (Fsp3) is 0.111. The van der Waals surface area contributed by atoms with Crippen LogP contribution in [-0.2, 0) is 0 Å². The monoisotopic (exact) mass is 237 g/mol. The van der Waals surface area contributed by atoms with E-state index in [-0.39, 0.29) is 0 Å². The lowest BCUT2D eigenvalue weighted by molar-refractivity contribution is 1.27. The summed E-state index contributed by atoms with van der Waals surface area (Å²) >= 11 is 3.40. The van der Waals surface area contributed by atoms with Gasteiger partial charge in [0.2, 0.25) is 0 Å². The highest BCUT2D eigenvalue weighted by Crippen LogP contribution is 2.27. The number of benzene rings is 1. The number of aryl methyl sites for hydroxylation is 1. The first kappa shape index (κ1) is 8.44. The molecule has 13 heavy (non-hydrogen) atoms. The van der Waals surface area contributed by atoms with Crippen molar-refractivity contribution in [2.24, 2.45) is 0 Å². The number of hydrogen-bond donors (Lipinski definition) is 1. The van der Waals surface area contributed by atoms with Crippen LogP contribution in [0.2, 0.25) is 0 Å². The zero-order valence-electron chi connectivity index (χ0n) is 7.08. The normalized spacial score (nSPS) is 10.6. The zero-order chi connectivity index (χ0) is 9.42. The number of halogens is 1. The summed E-state index contributed by atoms with van der Waals surface area (Å²) in [5.74, 6) is 0. The van der Waals surface area contributed by atoms with E-state index >= 15 is 0 Å². The molecule has 0 saturated carbocycles. The van der Waals surface area contributed by atoms with Gasteiger partial charge in [0.05, 0.1) is 5.52 Å². The molecule has 1 heterocycles. The lowest BCUT2D eigenvalue weighted by atomic mass is 10.1. The van der Waals surface area contributed by atoms with Crippen LogP contribution < -0.4 is 5.73 Å². The van der Waals surface area contributed by atoms with Crippen molar-refractivity contribution in [3.8, 4) is 0 Å². The van der Waals surface area contributed by atoms with Gasteiger partial charge < -0.3 is 5.73 Å². The predicted octanol–water partition coefficient (Wildman–Crippen LogP) is 2.28. The van der Waals surface area contributed by atoms with E-state index in [1.54, 1.807) is 12.4 Å². The van der Waals surface area contributed by atoms with Crippen LogP contribution in [0, 0.1) is 6.92 Å². The van der Waals surface area contributed by atoms with Crippen LogP contribution in [0.1, 0.15) is 5.56 Å². The van der Waals surface area contributed by atoms with Gasteiger partial charge in [0.15, 0.2) is 0 Å². The molecule has 1 aromatic heterocycles. The summed E-state index contributed by atoms with van der Waals surface area (Å²) in [6.07, 6.45) is 3.34. The van der Waals surface area contributed by atoms with Crippen molar-refractivity contribution in [2.75, 3.05) is 5.73 Å². The number of rotatable bonds is 0. The molecule has 0 aliphatic heterocycles. The molecule has 0 aliphatic carbocycles. The van der Waals surface area contributed by atoms with Gasteiger partial charge in [0.25, 0.3) is 0 Å². The van der Waals surface area contributed by atoms with Gasteiger partial charge in [0.1, 0.15) is 5.52 Å². The summed E-state index contributed by atoms with van der Waals surface area (Å²) in [6.45, 7) is 1.94. The van der Waals surface area contributed by atoms with Crippen molar-refractivity contribution in [3.63, 3.8) is 0 Å². The summed E-state index contributed by atoms with van der Waals surface area (Å²) in [4.78, 5) is 8.45. The third-order valence-electron chi connectivity index (χ3n) is 1.99. The van der Waals surface area contributed by atoms with E-state index in [0.717, 1.165) is 26.8 Å². The van der Waals surface area contributed by atoms with Gasteiger partial charge in [-0.05, 0) is 34.5 Å². The van der Waals surface area contributed by atoms with Crippen LogP contribution in [0.15, 0.2) is 22.9 Å². The maximum Gasteiger partial charge on any atom is 0.103 e. The number of aromatic nitrogens is 2. The highest BCUT2D eigenvalue weighted by Gasteiger charge is 2.06. The third kappa shape index (κ3) is 1.27. The van der Waals surface area contributed by atoms with Crippen molar-refractivity contribution < 1.29 is 0 Å². The van der Waals surface area contributed by atoms with Gasteiger partial charge in [-0.3, -0.25) is 9.97 Å². The van der Waals surface area contributed by atoms with E-state index < -0.39 is 0 Å². The minimum atomic E-state index is 0.736. The first-order valence-electron chi connectivity index (χ1n) is 3.85. The van der Waals surface area contributed by atoms with E-state index in [1.165, 1.54) is 0 Å². The largest absolute Gasteiger partial charge is 0.398 e. The molecule has 0 amide bonds. The van der Waals surface area contributed by atoms with E-state index in [0.29, 0.717) is 0 Å². The molecule has 4 heteroatoms. The summed E-state index contributed by atoms with van der Waals surface area (Å²) in [7, 11) is 0. The quantitative estimate of drug-likeness (QED) is 0.716. The smallest absolute Gasteiger partial charge is 0.103 e. The summed E-state index contributed by atoms with van der Waals surface area (Å²) in [6, 6.07) is 1.85. The number of fused-ring (bicyclic) bond motifs is 1. The average molecular weight is 238 g/mol. The topological polar surface area (TPSA) is 51.8 Å². The van der Waals surface area contributed by atoms with Gasteiger partial charge in [0, 0.05) is 22.6 Å². The molecule has 1 aromatic carbocycles. The van der Waals surface area contributed by atoms with Crippen LogP contribution >= 0.6 is 15.9 Å². The van der Waals surface area contributed by atoms with E-state index in [9.17, 15) is 0 Å². The lowest BCUT2D eigenvalue weighted by Gasteiger charge is -2.05. The van der Waals surface area contributed by atoms with Crippen molar-refractivity contribution in [1.82, 2.24) is 9.97 Å². The summed E-state index contributed by atoms with van der Waals surface area (Å²) in [5, 5.41) is 0. The number of nitrogen functional groups attached to an aromatic ring is 1. The number of hydrogen-bond acceptors (Lipinski definition) is 3. The Morgan fingerprint density at radius 1 is 1.23 bits per heavy atom. The first-order chi connectivity index (χ1) is 6.20. The van der Waals surface area contributed by atoms with E-state index in [4.69, 9.17) is 5.73 Å². The molecule has 0 atom stereocenters. The minimum absolute atomic E-state index is 0.736. The second-order valence-electron chi connectivity index (χ2n) is 2.83. The van der Waals surface area contributed by atoms with E-state index in [1.807, 2.05) is 13.0 Å². The van der Waals surface area contributed by atoms with Gasteiger partial charge in [-0.15, -0.1) is 0 Å². The Bertz CT molecular complexity index is 468. The standard InChI is InChI=1S/C9H8BrN3/c1-5-7(11)4-6(10)9-8(5)12-2-3-13-9/h2-4H,11H2,1H3. The molecule has 66 valence electrons. The number of anilines is 1. The van der Waals surface area contributed by atoms with Crippen LogP contribution in [-0.4, -0.2) is 9.97 Å². The average Bonchev–Trinajstić information content (AvgIpc) is 2.15. The van der Waals surface area contributed by atoms with Crippen molar-refractivity contribution in [3.05, 3.63) is 28.5 Å². The Hall–Kier alpha value is -1.16. The lowest BCUT2D eigenvalue weighted by Crippen LogP contribution is -1.94. The minimum Gasteiger partial charge on any atom is -0.398 e. The summed E-state index contributed by atoms with van der Waals surface area (Å²) in [5.41, 5.74) is 9.21. The number of nitrogens with two attached hydrogens (primary N) is 1. The second-order valence-corrected chi connectivity index (χ2v) is 3.68. The Morgan fingerprint density at radius 3 is 2.54 bits per heavy atom.